The number of aromatic nitrogens is 2. The lowest BCUT2D eigenvalue weighted by Crippen LogP contribution is -2.37. The molecule has 1 aliphatic heterocycles. The Morgan fingerprint density at radius 1 is 1.16 bits per heavy atom. The van der Waals surface area contributed by atoms with Crippen LogP contribution in [0, 0.1) is 5.82 Å². The number of carbonyl (C=O) groups excluding carboxylic acids is 2. The Kier molecular flexibility index (Phi) is 7.48. The molecule has 1 aromatic carbocycles. The van der Waals surface area contributed by atoms with Crippen molar-refractivity contribution >= 4 is 33.8 Å². The molecule has 2 heterocycles. The molecule has 14 heteroatoms. The second-order valence-corrected chi connectivity index (χ2v) is 12.2. The van der Waals surface area contributed by atoms with E-state index in [9.17, 15) is 22.4 Å². The zero-order valence-electron chi connectivity index (χ0n) is 21.4. The molecule has 3 N–H and O–H groups in total. The first-order valence-corrected chi connectivity index (χ1v) is 13.4. The van der Waals surface area contributed by atoms with Crippen LogP contribution in [0.5, 0.6) is 0 Å². The highest BCUT2D eigenvalue weighted by molar-refractivity contribution is 7.90. The number of nitrogens with zero attached hydrogens (tertiary/aromatic N) is 2. The summed E-state index contributed by atoms with van der Waals surface area (Å²) in [6.45, 7) is 6.95. The van der Waals surface area contributed by atoms with Gasteiger partial charge >= 0.3 is 12.2 Å². The molecule has 0 spiro atoms. The zero-order chi connectivity index (χ0) is 27.7. The largest absolute Gasteiger partial charge is 0.444 e. The van der Waals surface area contributed by atoms with Gasteiger partial charge in [-0.05, 0) is 58.7 Å². The first-order valence-electron chi connectivity index (χ1n) is 12.0. The molecule has 2 amide bonds. The van der Waals surface area contributed by atoms with Gasteiger partial charge in [-0.1, -0.05) is 0 Å². The van der Waals surface area contributed by atoms with Gasteiger partial charge in [0.25, 0.3) is 10.0 Å². The molecule has 0 radical (unpaired) electrons. The number of benzene rings is 1. The minimum Gasteiger partial charge on any atom is -0.444 e. The summed E-state index contributed by atoms with van der Waals surface area (Å²) in [5.41, 5.74) is -0.489. The summed E-state index contributed by atoms with van der Waals surface area (Å²) in [6, 6.07) is 3.07. The highest BCUT2D eigenvalue weighted by Gasteiger charge is 2.40. The van der Waals surface area contributed by atoms with Gasteiger partial charge in [-0.15, -0.1) is 0 Å². The maximum absolute atomic E-state index is 14.7. The van der Waals surface area contributed by atoms with Crippen LogP contribution in [-0.2, 0) is 24.2 Å². The number of sulfonamides is 1. The maximum atomic E-state index is 14.7. The lowest BCUT2D eigenvalue weighted by molar-refractivity contribution is 0.0570. The average molecular weight is 552 g/mol. The van der Waals surface area contributed by atoms with Gasteiger partial charge in [0, 0.05) is 29.9 Å². The van der Waals surface area contributed by atoms with Crippen LogP contribution in [0.15, 0.2) is 35.5 Å². The number of amides is 2. The number of hydrogen-bond acceptors (Lipinski definition) is 10. The molecule has 2 aliphatic rings. The number of rotatable bonds is 7. The predicted molar refractivity (Wildman–Crippen MR) is 133 cm³/mol. The van der Waals surface area contributed by atoms with E-state index in [4.69, 9.17) is 14.2 Å². The molecule has 12 nitrogen and oxygen atoms in total. The van der Waals surface area contributed by atoms with E-state index in [2.05, 4.69) is 20.6 Å². The molecule has 2 fully saturated rings. The van der Waals surface area contributed by atoms with Crippen molar-refractivity contribution in [2.24, 2.45) is 0 Å². The fourth-order valence-corrected chi connectivity index (χ4v) is 4.46. The van der Waals surface area contributed by atoms with Crippen LogP contribution < -0.4 is 15.4 Å². The Balaban J connectivity index is 1.33. The first-order chi connectivity index (χ1) is 17.7. The second-order valence-electron chi connectivity index (χ2n) is 10.5. The van der Waals surface area contributed by atoms with E-state index in [1.807, 2.05) is 6.92 Å². The Labute approximate surface area is 219 Å². The van der Waals surface area contributed by atoms with E-state index in [0.717, 1.165) is 25.0 Å². The Hall–Kier alpha value is -3.52. The van der Waals surface area contributed by atoms with Gasteiger partial charge < -0.3 is 24.8 Å². The van der Waals surface area contributed by atoms with E-state index in [1.54, 1.807) is 25.5 Å². The summed E-state index contributed by atoms with van der Waals surface area (Å²) < 4.78 is 57.3. The minimum absolute atomic E-state index is 0.0676. The van der Waals surface area contributed by atoms with Crippen molar-refractivity contribution in [2.45, 2.75) is 75.2 Å². The van der Waals surface area contributed by atoms with Crippen LogP contribution in [0.4, 0.5) is 25.6 Å². The highest BCUT2D eigenvalue weighted by atomic mass is 32.2. The van der Waals surface area contributed by atoms with Crippen LogP contribution in [0.1, 0.15) is 58.6 Å². The van der Waals surface area contributed by atoms with E-state index >= 15 is 0 Å². The summed E-state index contributed by atoms with van der Waals surface area (Å²) in [5.74, 6) is -0.833. The van der Waals surface area contributed by atoms with E-state index in [-0.39, 0.29) is 29.9 Å². The summed E-state index contributed by atoms with van der Waals surface area (Å²) in [6.07, 6.45) is 2.94. The molecule has 38 heavy (non-hydrogen) atoms. The summed E-state index contributed by atoms with van der Waals surface area (Å²) in [5, 5.41) is 5.52. The van der Waals surface area contributed by atoms with Gasteiger partial charge in [0.05, 0.1) is 23.3 Å². The third-order valence-electron chi connectivity index (χ3n) is 5.80. The molecule has 1 aliphatic carbocycles. The molecule has 1 saturated carbocycles. The highest BCUT2D eigenvalue weighted by Crippen LogP contribution is 2.35. The normalized spacial score (nSPS) is 20.3. The van der Waals surface area contributed by atoms with Gasteiger partial charge in [0.15, 0.2) is 0 Å². The molecule has 1 saturated heterocycles. The molecule has 1 aromatic heterocycles. The third-order valence-corrected chi connectivity index (χ3v) is 7.11. The standard InChI is InChI=1S/C24H30FN5O7S/c1-23(2,3)37-22(32)30-38(33,34)16-5-6-18(17(25)10-16)28-20-26-11-14(12-27-20)19-9-15(13-35-19)36-21(31)29-24(4)7-8-24/h5-6,10-12,15,19H,7-9,13H2,1-4H3,(H,29,31)(H,30,32)(H,26,27,28)/t15-,19+/m1/s1. The third kappa shape index (κ3) is 7.28. The SMILES string of the molecule is CC1(NC(=O)O[C@H]2CO[C@H](c3cnc(Nc4ccc(S(=O)(=O)NC(=O)OC(C)(C)C)cc4F)nc3)C2)CC1. The Morgan fingerprint density at radius 2 is 1.84 bits per heavy atom. The van der Waals surface area contributed by atoms with Gasteiger partial charge in [-0.3, -0.25) is 0 Å². The molecule has 206 valence electrons. The second kappa shape index (κ2) is 10.3. The molecular weight excluding hydrogens is 521 g/mol. The fourth-order valence-electron chi connectivity index (χ4n) is 3.57. The van der Waals surface area contributed by atoms with Crippen molar-refractivity contribution in [2.75, 3.05) is 11.9 Å². The number of ether oxygens (including phenoxy) is 3. The topological polar surface area (TPSA) is 158 Å². The Bertz CT molecular complexity index is 1310. The number of alkyl carbamates (subject to hydrolysis) is 1. The van der Waals surface area contributed by atoms with Gasteiger partial charge in [0.1, 0.15) is 17.5 Å². The van der Waals surface area contributed by atoms with E-state index in [0.29, 0.717) is 12.0 Å². The van der Waals surface area contributed by atoms with Crippen molar-refractivity contribution < 1.29 is 36.6 Å². The van der Waals surface area contributed by atoms with Crippen molar-refractivity contribution in [3.8, 4) is 0 Å². The molecule has 2 aromatic rings. The number of anilines is 2. The van der Waals surface area contributed by atoms with Gasteiger partial charge in [-0.2, -0.15) is 0 Å². The van der Waals surface area contributed by atoms with Crippen LogP contribution >= 0.6 is 0 Å². The number of carbonyl (C=O) groups is 2. The summed E-state index contributed by atoms with van der Waals surface area (Å²) >= 11 is 0. The minimum atomic E-state index is -4.35. The lowest BCUT2D eigenvalue weighted by atomic mass is 10.1. The molecule has 2 atom stereocenters. The van der Waals surface area contributed by atoms with Crippen molar-refractivity contribution in [1.82, 2.24) is 20.0 Å². The number of hydrogen-bond donors (Lipinski definition) is 3. The van der Waals surface area contributed by atoms with Crippen LogP contribution in [0.2, 0.25) is 0 Å². The zero-order valence-corrected chi connectivity index (χ0v) is 22.2. The van der Waals surface area contributed by atoms with Gasteiger partial charge in [0.2, 0.25) is 5.95 Å². The molecule has 4 rings (SSSR count). The van der Waals surface area contributed by atoms with Crippen LogP contribution in [0.3, 0.4) is 0 Å². The molecular formula is C24H30FN5O7S. The predicted octanol–water partition coefficient (Wildman–Crippen LogP) is 3.68. The average Bonchev–Trinajstić information content (AvgIpc) is 3.33. The lowest BCUT2D eigenvalue weighted by Gasteiger charge is -2.19. The number of nitrogens with one attached hydrogen (secondary N) is 3. The van der Waals surface area contributed by atoms with Crippen LogP contribution in [0.25, 0.3) is 0 Å². The summed E-state index contributed by atoms with van der Waals surface area (Å²) in [4.78, 5) is 31.7. The number of halogens is 1. The van der Waals surface area contributed by atoms with E-state index in [1.165, 1.54) is 18.5 Å². The fraction of sp³-hybridized carbons (Fsp3) is 0.500. The Morgan fingerprint density at radius 3 is 2.45 bits per heavy atom. The first kappa shape index (κ1) is 27.5. The van der Waals surface area contributed by atoms with Crippen molar-refractivity contribution in [3.05, 3.63) is 42.0 Å². The maximum Gasteiger partial charge on any atom is 0.421 e. The molecule has 0 unspecified atom stereocenters. The van der Waals surface area contributed by atoms with Gasteiger partial charge in [-0.25, -0.2) is 37.1 Å². The quantitative estimate of drug-likeness (QED) is 0.463. The van der Waals surface area contributed by atoms with E-state index < -0.39 is 44.6 Å². The van der Waals surface area contributed by atoms with Crippen LogP contribution in [-0.4, -0.2) is 54.4 Å². The smallest absolute Gasteiger partial charge is 0.421 e. The summed E-state index contributed by atoms with van der Waals surface area (Å²) in [7, 11) is -4.35. The van der Waals surface area contributed by atoms with Crippen molar-refractivity contribution in [1.29, 1.82) is 0 Å². The molecule has 0 bridgehead atoms. The monoisotopic (exact) mass is 551 g/mol. The van der Waals surface area contributed by atoms with Crippen molar-refractivity contribution in [3.63, 3.8) is 0 Å².